The van der Waals surface area contributed by atoms with Gasteiger partial charge in [-0.05, 0) is 12.1 Å². The van der Waals surface area contributed by atoms with Crippen molar-refractivity contribution in [3.63, 3.8) is 0 Å². The van der Waals surface area contributed by atoms with Crippen LogP contribution in [0.3, 0.4) is 0 Å². The van der Waals surface area contributed by atoms with E-state index >= 15 is 0 Å². The molecule has 0 fully saturated rings. The summed E-state index contributed by atoms with van der Waals surface area (Å²) in [7, 11) is 0. The molecule has 0 saturated carbocycles. The molecule has 2 aromatic heterocycles. The molecule has 0 saturated heterocycles. The van der Waals surface area contributed by atoms with Crippen LogP contribution in [0.15, 0.2) is 24.8 Å². The van der Waals surface area contributed by atoms with Gasteiger partial charge in [0.2, 0.25) is 0 Å². The van der Waals surface area contributed by atoms with Crippen molar-refractivity contribution in [1.29, 1.82) is 0 Å². The van der Waals surface area contributed by atoms with Gasteiger partial charge >= 0.3 is 0 Å². The van der Waals surface area contributed by atoms with Crippen molar-refractivity contribution in [3.05, 3.63) is 30.5 Å². The smallest absolute Gasteiger partial charge is 0.180 e. The molecule has 0 aliphatic carbocycles. The van der Waals surface area contributed by atoms with Crippen molar-refractivity contribution in [2.75, 3.05) is 0 Å². The van der Waals surface area contributed by atoms with E-state index < -0.39 is 0 Å². The molecule has 2 rings (SSSR count). The third-order valence-corrected chi connectivity index (χ3v) is 1.66. The number of hydrogen-bond acceptors (Lipinski definition) is 5. The van der Waals surface area contributed by atoms with Gasteiger partial charge in [0.15, 0.2) is 11.6 Å². The standard InChI is InChI=1S/C8H7N5O/c1-6(14)7-2-3-8(12-11-7)13-5-9-4-10-13/h2-5H,1H3. The van der Waals surface area contributed by atoms with Gasteiger partial charge in [-0.1, -0.05) is 0 Å². The first-order chi connectivity index (χ1) is 6.77. The molecule has 0 spiro atoms. The zero-order valence-corrected chi connectivity index (χ0v) is 7.45. The van der Waals surface area contributed by atoms with Crippen LogP contribution in [0.5, 0.6) is 0 Å². The Morgan fingerprint density at radius 2 is 2.21 bits per heavy atom. The van der Waals surface area contributed by atoms with Gasteiger partial charge in [0.05, 0.1) is 0 Å². The van der Waals surface area contributed by atoms with Gasteiger partial charge in [-0.25, -0.2) is 9.67 Å². The molecular weight excluding hydrogens is 182 g/mol. The number of hydrogen-bond donors (Lipinski definition) is 0. The Balaban J connectivity index is 2.36. The van der Waals surface area contributed by atoms with Crippen LogP contribution in [-0.4, -0.2) is 30.7 Å². The van der Waals surface area contributed by atoms with Crippen LogP contribution >= 0.6 is 0 Å². The first-order valence-electron chi connectivity index (χ1n) is 3.97. The summed E-state index contributed by atoms with van der Waals surface area (Å²) < 4.78 is 1.47. The van der Waals surface area contributed by atoms with Gasteiger partial charge < -0.3 is 0 Å². The Bertz CT molecular complexity index is 433. The minimum Gasteiger partial charge on any atom is -0.293 e. The molecule has 6 nitrogen and oxygen atoms in total. The number of nitrogens with zero attached hydrogens (tertiary/aromatic N) is 5. The number of rotatable bonds is 2. The average Bonchev–Trinajstić information content (AvgIpc) is 2.71. The molecule has 2 aromatic rings. The lowest BCUT2D eigenvalue weighted by molar-refractivity contribution is 0.101. The molecule has 70 valence electrons. The van der Waals surface area contributed by atoms with E-state index in [9.17, 15) is 4.79 Å². The van der Waals surface area contributed by atoms with Crippen molar-refractivity contribution in [2.45, 2.75) is 6.92 Å². The maximum atomic E-state index is 10.9. The molecule has 0 N–H and O–H groups in total. The van der Waals surface area contributed by atoms with E-state index in [-0.39, 0.29) is 5.78 Å². The van der Waals surface area contributed by atoms with Gasteiger partial charge in [-0.15, -0.1) is 10.2 Å². The van der Waals surface area contributed by atoms with Crippen LogP contribution in [0.1, 0.15) is 17.4 Å². The number of Topliss-reactive ketones (excluding diaryl/α,β-unsaturated/α-hetero) is 1. The predicted octanol–water partition coefficient (Wildman–Crippen LogP) is 0.260. The fourth-order valence-electron chi connectivity index (χ4n) is 0.962. The minimum atomic E-state index is -0.109. The minimum absolute atomic E-state index is 0.109. The Morgan fingerprint density at radius 1 is 1.36 bits per heavy atom. The summed E-state index contributed by atoms with van der Waals surface area (Å²) in [5.41, 5.74) is 0.342. The highest BCUT2D eigenvalue weighted by Crippen LogP contribution is 2.00. The second-order valence-corrected chi connectivity index (χ2v) is 2.67. The highest BCUT2D eigenvalue weighted by atomic mass is 16.1. The Morgan fingerprint density at radius 3 is 2.71 bits per heavy atom. The monoisotopic (exact) mass is 189 g/mol. The highest BCUT2D eigenvalue weighted by Gasteiger charge is 2.03. The van der Waals surface area contributed by atoms with Gasteiger partial charge in [0, 0.05) is 6.92 Å². The summed E-state index contributed by atoms with van der Waals surface area (Å²) in [6.07, 6.45) is 2.91. The van der Waals surface area contributed by atoms with Crippen LogP contribution in [0, 0.1) is 0 Å². The fraction of sp³-hybridized carbons (Fsp3) is 0.125. The molecular formula is C8H7N5O. The van der Waals surface area contributed by atoms with E-state index in [1.165, 1.54) is 24.3 Å². The van der Waals surface area contributed by atoms with Crippen molar-refractivity contribution < 1.29 is 4.79 Å². The number of aromatic nitrogens is 5. The molecule has 0 bridgehead atoms. The van der Waals surface area contributed by atoms with E-state index in [0.717, 1.165) is 0 Å². The SMILES string of the molecule is CC(=O)c1ccc(-n2cncn2)nn1. The maximum Gasteiger partial charge on any atom is 0.180 e. The van der Waals surface area contributed by atoms with Crippen LogP contribution in [-0.2, 0) is 0 Å². The summed E-state index contributed by atoms with van der Waals surface area (Å²) in [6.45, 7) is 1.44. The maximum absolute atomic E-state index is 10.9. The van der Waals surface area contributed by atoms with Crippen molar-refractivity contribution in [2.24, 2.45) is 0 Å². The molecule has 14 heavy (non-hydrogen) atoms. The Hall–Kier alpha value is -2.11. The summed E-state index contributed by atoms with van der Waals surface area (Å²) in [5, 5.41) is 11.5. The lowest BCUT2D eigenvalue weighted by Gasteiger charge is -1.97. The second-order valence-electron chi connectivity index (χ2n) is 2.67. The van der Waals surface area contributed by atoms with Gasteiger partial charge in [0.1, 0.15) is 18.3 Å². The van der Waals surface area contributed by atoms with Crippen molar-refractivity contribution in [3.8, 4) is 5.82 Å². The molecule has 0 unspecified atom stereocenters. The average molecular weight is 189 g/mol. The van der Waals surface area contributed by atoms with E-state index in [1.807, 2.05) is 0 Å². The molecule has 0 aromatic carbocycles. The molecule has 0 aliphatic heterocycles. The first kappa shape index (κ1) is 8.49. The summed E-state index contributed by atoms with van der Waals surface area (Å²) in [4.78, 5) is 14.7. The molecule has 6 heteroatoms. The topological polar surface area (TPSA) is 73.6 Å². The normalized spacial score (nSPS) is 10.1. The van der Waals surface area contributed by atoms with E-state index in [1.54, 1.807) is 12.1 Å². The van der Waals surface area contributed by atoms with Crippen molar-refractivity contribution in [1.82, 2.24) is 25.0 Å². The highest BCUT2D eigenvalue weighted by molar-refractivity contribution is 5.91. The lowest BCUT2D eigenvalue weighted by atomic mass is 10.3. The Labute approximate surface area is 79.6 Å². The fourth-order valence-corrected chi connectivity index (χ4v) is 0.962. The summed E-state index contributed by atoms with van der Waals surface area (Å²) in [6, 6.07) is 3.27. The second kappa shape index (κ2) is 3.33. The van der Waals surface area contributed by atoms with Crippen molar-refractivity contribution >= 4 is 5.78 Å². The van der Waals surface area contributed by atoms with Crippen LogP contribution in [0.25, 0.3) is 5.82 Å². The number of ketones is 1. The zero-order chi connectivity index (χ0) is 9.97. The van der Waals surface area contributed by atoms with Gasteiger partial charge in [-0.3, -0.25) is 4.79 Å². The number of carbonyl (C=O) groups is 1. The molecule has 2 heterocycles. The van der Waals surface area contributed by atoms with Crippen LogP contribution < -0.4 is 0 Å². The van der Waals surface area contributed by atoms with E-state index in [4.69, 9.17) is 0 Å². The molecule has 0 amide bonds. The number of carbonyl (C=O) groups excluding carboxylic acids is 1. The largest absolute Gasteiger partial charge is 0.293 e. The van der Waals surface area contributed by atoms with Crippen LogP contribution in [0.2, 0.25) is 0 Å². The summed E-state index contributed by atoms with van der Waals surface area (Å²) >= 11 is 0. The van der Waals surface area contributed by atoms with Gasteiger partial charge in [0.25, 0.3) is 0 Å². The molecule has 0 radical (unpaired) electrons. The molecule has 0 aliphatic rings. The Kier molecular flexibility index (Phi) is 2.02. The first-order valence-corrected chi connectivity index (χ1v) is 3.97. The third-order valence-electron chi connectivity index (χ3n) is 1.66. The molecule has 0 atom stereocenters. The quantitative estimate of drug-likeness (QED) is 0.633. The van der Waals surface area contributed by atoms with Crippen LogP contribution in [0.4, 0.5) is 0 Å². The summed E-state index contributed by atoms with van der Waals surface area (Å²) in [5.74, 6) is 0.426. The van der Waals surface area contributed by atoms with Gasteiger partial charge in [-0.2, -0.15) is 5.10 Å². The lowest BCUT2D eigenvalue weighted by Crippen LogP contribution is -2.04. The van der Waals surface area contributed by atoms with E-state index in [2.05, 4.69) is 20.3 Å². The third kappa shape index (κ3) is 1.49. The predicted molar refractivity (Wildman–Crippen MR) is 47.0 cm³/mol. The van der Waals surface area contributed by atoms with E-state index in [0.29, 0.717) is 11.5 Å². The zero-order valence-electron chi connectivity index (χ0n) is 7.45.